The van der Waals surface area contributed by atoms with Gasteiger partial charge in [-0.15, -0.1) is 0 Å². The Bertz CT molecular complexity index is 571. The van der Waals surface area contributed by atoms with Crippen molar-refractivity contribution in [2.75, 3.05) is 26.2 Å². The van der Waals surface area contributed by atoms with Gasteiger partial charge in [0.15, 0.2) is 0 Å². The van der Waals surface area contributed by atoms with Crippen LogP contribution in [0.5, 0.6) is 0 Å². The summed E-state index contributed by atoms with van der Waals surface area (Å²) in [6.07, 6.45) is 0.690. The summed E-state index contributed by atoms with van der Waals surface area (Å²) in [5.74, 6) is 0. The Morgan fingerprint density at radius 1 is 1.29 bits per heavy atom. The van der Waals surface area contributed by atoms with E-state index in [0.29, 0.717) is 13.0 Å². The van der Waals surface area contributed by atoms with Gasteiger partial charge in [0.25, 0.3) is 5.69 Å². The summed E-state index contributed by atoms with van der Waals surface area (Å²) >= 11 is 0. The predicted molar refractivity (Wildman–Crippen MR) is 80.7 cm³/mol. The minimum Gasteiger partial charge on any atom is -0.304 e. The van der Waals surface area contributed by atoms with Gasteiger partial charge in [-0.25, -0.2) is 13.1 Å². The van der Waals surface area contributed by atoms with E-state index in [0.717, 1.165) is 25.7 Å². The van der Waals surface area contributed by atoms with Gasteiger partial charge in [0.2, 0.25) is 10.0 Å². The number of rotatable bonds is 9. The summed E-state index contributed by atoms with van der Waals surface area (Å²) in [6, 6.07) is 5.04. The third kappa shape index (κ3) is 5.41. The first kappa shape index (κ1) is 17.5. The van der Waals surface area contributed by atoms with Gasteiger partial charge in [0, 0.05) is 18.7 Å². The zero-order chi connectivity index (χ0) is 15.9. The quantitative estimate of drug-likeness (QED) is 0.424. The molecule has 0 bridgehead atoms. The highest BCUT2D eigenvalue weighted by Crippen LogP contribution is 2.16. The molecule has 0 saturated carbocycles. The van der Waals surface area contributed by atoms with E-state index in [9.17, 15) is 18.5 Å². The second kappa shape index (κ2) is 8.06. The molecule has 0 heterocycles. The third-order valence-electron chi connectivity index (χ3n) is 3.18. The van der Waals surface area contributed by atoms with Crippen LogP contribution in [0.2, 0.25) is 0 Å². The Labute approximate surface area is 125 Å². The molecule has 118 valence electrons. The molecule has 8 heteroatoms. The highest BCUT2D eigenvalue weighted by Gasteiger charge is 2.16. The molecule has 0 aliphatic carbocycles. The first-order valence-electron chi connectivity index (χ1n) is 6.87. The molecule has 1 rings (SSSR count). The van der Waals surface area contributed by atoms with Crippen molar-refractivity contribution in [2.24, 2.45) is 0 Å². The topological polar surface area (TPSA) is 92.6 Å². The second-order valence-electron chi connectivity index (χ2n) is 4.53. The summed E-state index contributed by atoms with van der Waals surface area (Å²) in [7, 11) is -3.70. The lowest BCUT2D eigenvalue weighted by Crippen LogP contribution is -2.30. The number of sulfonamides is 1. The molecule has 7 nitrogen and oxygen atoms in total. The lowest BCUT2D eigenvalue weighted by molar-refractivity contribution is -0.385. The van der Waals surface area contributed by atoms with Crippen LogP contribution in [-0.2, 0) is 10.0 Å². The van der Waals surface area contributed by atoms with E-state index < -0.39 is 14.9 Å². The van der Waals surface area contributed by atoms with Crippen molar-refractivity contribution in [3.05, 3.63) is 34.4 Å². The van der Waals surface area contributed by atoms with Crippen molar-refractivity contribution >= 4 is 15.7 Å². The lowest BCUT2D eigenvalue weighted by atomic mass is 10.3. The molecule has 1 aromatic carbocycles. The Balaban J connectivity index is 2.61. The van der Waals surface area contributed by atoms with Crippen LogP contribution in [0.1, 0.15) is 20.3 Å². The molecule has 0 fully saturated rings. The maximum atomic E-state index is 12.0. The molecule has 0 aromatic heterocycles. The van der Waals surface area contributed by atoms with E-state index in [1.165, 1.54) is 18.2 Å². The summed E-state index contributed by atoms with van der Waals surface area (Å²) in [6.45, 7) is 7.07. The Morgan fingerprint density at radius 3 is 2.52 bits per heavy atom. The number of hydrogen-bond acceptors (Lipinski definition) is 5. The van der Waals surface area contributed by atoms with Crippen molar-refractivity contribution in [3.8, 4) is 0 Å². The largest absolute Gasteiger partial charge is 0.304 e. The van der Waals surface area contributed by atoms with E-state index in [4.69, 9.17) is 0 Å². The van der Waals surface area contributed by atoms with Crippen LogP contribution in [0, 0.1) is 10.1 Å². The van der Waals surface area contributed by atoms with Gasteiger partial charge in [-0.3, -0.25) is 10.1 Å². The minimum absolute atomic E-state index is 0.0838. The van der Waals surface area contributed by atoms with Gasteiger partial charge < -0.3 is 4.90 Å². The average molecular weight is 315 g/mol. The van der Waals surface area contributed by atoms with Crippen LogP contribution in [0.4, 0.5) is 5.69 Å². The van der Waals surface area contributed by atoms with Crippen LogP contribution in [0.25, 0.3) is 0 Å². The molecule has 0 amide bonds. The van der Waals surface area contributed by atoms with Gasteiger partial charge in [-0.05, 0) is 32.1 Å². The van der Waals surface area contributed by atoms with E-state index in [2.05, 4.69) is 23.5 Å². The Morgan fingerprint density at radius 2 is 1.95 bits per heavy atom. The zero-order valence-corrected chi connectivity index (χ0v) is 13.1. The molecule has 0 saturated heterocycles. The van der Waals surface area contributed by atoms with Gasteiger partial charge >= 0.3 is 0 Å². The van der Waals surface area contributed by atoms with Gasteiger partial charge in [-0.1, -0.05) is 19.9 Å². The van der Waals surface area contributed by atoms with E-state index in [1.807, 2.05) is 0 Å². The van der Waals surface area contributed by atoms with Crippen molar-refractivity contribution < 1.29 is 13.3 Å². The number of nitrogens with zero attached hydrogens (tertiary/aromatic N) is 2. The first-order chi connectivity index (χ1) is 9.90. The van der Waals surface area contributed by atoms with Gasteiger partial charge in [0.05, 0.1) is 9.82 Å². The van der Waals surface area contributed by atoms with Gasteiger partial charge in [-0.2, -0.15) is 0 Å². The number of benzene rings is 1. The molecule has 1 aromatic rings. The average Bonchev–Trinajstić information content (AvgIpc) is 2.47. The fourth-order valence-electron chi connectivity index (χ4n) is 1.90. The molecule has 0 aliphatic rings. The van der Waals surface area contributed by atoms with Crippen molar-refractivity contribution in [2.45, 2.75) is 25.2 Å². The predicted octanol–water partition coefficient (Wildman–Crippen LogP) is 1.60. The fourth-order valence-corrected chi connectivity index (χ4v) is 3.01. The molecule has 0 radical (unpaired) electrons. The molecular weight excluding hydrogens is 294 g/mol. The summed E-state index contributed by atoms with van der Waals surface area (Å²) in [5.41, 5.74) is -0.235. The van der Waals surface area contributed by atoms with Crippen molar-refractivity contribution in [1.29, 1.82) is 0 Å². The maximum Gasteiger partial charge on any atom is 0.270 e. The van der Waals surface area contributed by atoms with E-state index >= 15 is 0 Å². The number of nitro groups is 1. The van der Waals surface area contributed by atoms with Crippen molar-refractivity contribution in [3.63, 3.8) is 0 Å². The zero-order valence-electron chi connectivity index (χ0n) is 12.3. The van der Waals surface area contributed by atoms with E-state index in [1.54, 1.807) is 0 Å². The fraction of sp³-hybridized carbons (Fsp3) is 0.538. The maximum absolute atomic E-state index is 12.0. The molecule has 0 unspecified atom stereocenters. The molecule has 0 aliphatic heterocycles. The summed E-state index contributed by atoms with van der Waals surface area (Å²) < 4.78 is 26.6. The Hall–Kier alpha value is -1.51. The highest BCUT2D eigenvalue weighted by molar-refractivity contribution is 7.89. The van der Waals surface area contributed by atoms with Crippen LogP contribution in [-0.4, -0.2) is 44.4 Å². The monoisotopic (exact) mass is 315 g/mol. The molecule has 1 N–H and O–H groups in total. The van der Waals surface area contributed by atoms with Crippen LogP contribution in [0.15, 0.2) is 29.2 Å². The normalized spacial score (nSPS) is 11.8. The SMILES string of the molecule is CCN(CC)CCCNS(=O)(=O)c1cccc([N+](=O)[O-])c1. The Kier molecular flexibility index (Phi) is 6.73. The number of nitrogens with one attached hydrogen (secondary N) is 1. The molecular formula is C13H21N3O4S. The number of hydrogen-bond donors (Lipinski definition) is 1. The minimum atomic E-state index is -3.70. The third-order valence-corrected chi connectivity index (χ3v) is 4.64. The van der Waals surface area contributed by atoms with Crippen LogP contribution < -0.4 is 4.72 Å². The second-order valence-corrected chi connectivity index (χ2v) is 6.30. The molecule has 0 spiro atoms. The molecule has 21 heavy (non-hydrogen) atoms. The smallest absolute Gasteiger partial charge is 0.270 e. The van der Waals surface area contributed by atoms with Gasteiger partial charge in [0.1, 0.15) is 0 Å². The highest BCUT2D eigenvalue weighted by atomic mass is 32.2. The lowest BCUT2D eigenvalue weighted by Gasteiger charge is -2.17. The summed E-state index contributed by atoms with van der Waals surface area (Å²) in [4.78, 5) is 12.2. The van der Waals surface area contributed by atoms with E-state index in [-0.39, 0.29) is 10.6 Å². The van der Waals surface area contributed by atoms with Crippen LogP contribution in [0.3, 0.4) is 0 Å². The summed E-state index contributed by atoms with van der Waals surface area (Å²) in [5, 5.41) is 10.7. The van der Waals surface area contributed by atoms with Crippen LogP contribution >= 0.6 is 0 Å². The number of nitro benzene ring substituents is 1. The molecule has 0 atom stereocenters. The number of non-ortho nitro benzene ring substituents is 1. The standard InChI is InChI=1S/C13H21N3O4S/c1-3-15(4-2)10-6-9-14-21(19,20)13-8-5-7-12(11-13)16(17)18/h5,7-8,11,14H,3-4,6,9-10H2,1-2H3. The van der Waals surface area contributed by atoms with Crippen molar-refractivity contribution in [1.82, 2.24) is 9.62 Å². The first-order valence-corrected chi connectivity index (χ1v) is 8.35.